The van der Waals surface area contributed by atoms with Gasteiger partial charge in [-0.2, -0.15) is 0 Å². The second kappa shape index (κ2) is 8.82. The van der Waals surface area contributed by atoms with E-state index in [-0.39, 0.29) is 10.9 Å². The Morgan fingerprint density at radius 3 is 2.59 bits per heavy atom. The average molecular weight is 421 g/mol. The number of carbonyl (C=O) groups is 1. The Labute approximate surface area is 170 Å². The molecule has 2 unspecified atom stereocenters. The van der Waals surface area contributed by atoms with Crippen molar-refractivity contribution in [3.8, 4) is 5.75 Å². The molecule has 2 aromatic rings. The van der Waals surface area contributed by atoms with Crippen LogP contribution in [0.2, 0.25) is 0 Å². The maximum Gasteiger partial charge on any atom is 0.238 e. The lowest BCUT2D eigenvalue weighted by molar-refractivity contribution is -0.121. The summed E-state index contributed by atoms with van der Waals surface area (Å²) in [5.41, 5.74) is 0.945. The normalized spacial score (nSPS) is 18.2. The van der Waals surface area contributed by atoms with Crippen molar-refractivity contribution in [2.75, 3.05) is 25.1 Å². The van der Waals surface area contributed by atoms with Crippen molar-refractivity contribution >= 4 is 21.4 Å². The fraction of sp³-hybridized carbons (Fsp3) is 0.381. The Hall–Kier alpha value is -2.61. The van der Waals surface area contributed by atoms with E-state index < -0.39 is 26.8 Å². The van der Waals surface area contributed by atoms with Gasteiger partial charge < -0.3 is 15.0 Å². The van der Waals surface area contributed by atoms with Crippen LogP contribution in [-0.4, -0.2) is 45.8 Å². The molecule has 0 aromatic heterocycles. The molecule has 3 rings (SSSR count). The first-order valence-corrected chi connectivity index (χ1v) is 11.1. The molecule has 0 saturated carbocycles. The van der Waals surface area contributed by atoms with Crippen molar-refractivity contribution in [2.45, 2.75) is 36.0 Å². The number of hydrogen-bond acceptors (Lipinski definition) is 5. The number of sulfone groups is 1. The third-order valence-corrected chi connectivity index (χ3v) is 7.24. The molecule has 1 N–H and O–H groups in total. The molecule has 1 aliphatic heterocycles. The number of halogens is 1. The van der Waals surface area contributed by atoms with Crippen LogP contribution in [0.1, 0.15) is 19.8 Å². The van der Waals surface area contributed by atoms with Gasteiger partial charge in [0.2, 0.25) is 5.91 Å². The van der Waals surface area contributed by atoms with Gasteiger partial charge in [0.05, 0.1) is 17.7 Å². The minimum absolute atomic E-state index is 0.0687. The Morgan fingerprint density at radius 1 is 1.21 bits per heavy atom. The molecule has 6 nitrogen and oxygen atoms in total. The fourth-order valence-electron chi connectivity index (χ4n) is 3.49. The molecule has 8 heteroatoms. The van der Waals surface area contributed by atoms with Crippen LogP contribution >= 0.6 is 0 Å². The van der Waals surface area contributed by atoms with E-state index in [0.29, 0.717) is 6.54 Å². The molecule has 0 spiro atoms. The highest BCUT2D eigenvalue weighted by atomic mass is 32.2. The lowest BCUT2D eigenvalue weighted by Gasteiger charge is -2.35. The molecular weight excluding hydrogens is 395 g/mol. The third-order valence-electron chi connectivity index (χ3n) is 5.17. The van der Waals surface area contributed by atoms with Crippen molar-refractivity contribution in [3.63, 3.8) is 0 Å². The average Bonchev–Trinajstić information content (AvgIpc) is 2.73. The van der Waals surface area contributed by atoms with Crippen LogP contribution in [0.15, 0.2) is 53.4 Å². The zero-order chi connectivity index (χ0) is 21.0. The van der Waals surface area contributed by atoms with E-state index in [4.69, 9.17) is 4.74 Å². The van der Waals surface area contributed by atoms with Crippen molar-refractivity contribution in [1.29, 1.82) is 0 Å². The van der Waals surface area contributed by atoms with Gasteiger partial charge in [-0.1, -0.05) is 12.1 Å². The van der Waals surface area contributed by atoms with E-state index in [1.165, 1.54) is 19.1 Å². The predicted octanol–water partition coefficient (Wildman–Crippen LogP) is 2.78. The Kier molecular flexibility index (Phi) is 6.42. The van der Waals surface area contributed by atoms with Crippen LogP contribution in [0.25, 0.3) is 0 Å². The summed E-state index contributed by atoms with van der Waals surface area (Å²) in [5.74, 6) is -0.326. The minimum atomic E-state index is -3.89. The molecule has 1 saturated heterocycles. The summed E-state index contributed by atoms with van der Waals surface area (Å²) >= 11 is 0. The summed E-state index contributed by atoms with van der Waals surface area (Å²) in [7, 11) is -2.28. The summed E-state index contributed by atoms with van der Waals surface area (Å²) in [5, 5.41) is 1.60. The lowest BCUT2D eigenvalue weighted by atomic mass is 10.0. The number of para-hydroxylation sites is 2. The molecule has 1 amide bonds. The topological polar surface area (TPSA) is 75.7 Å². The number of anilines is 1. The molecule has 156 valence electrons. The zero-order valence-corrected chi connectivity index (χ0v) is 17.3. The van der Waals surface area contributed by atoms with E-state index in [9.17, 15) is 17.6 Å². The van der Waals surface area contributed by atoms with Crippen molar-refractivity contribution < 1.29 is 22.3 Å². The highest BCUT2D eigenvalue weighted by Crippen LogP contribution is 2.30. The SMILES string of the molecule is COc1ccccc1N1CCCC(NC(=O)C(C)S(=O)(=O)c2ccc(F)cc2)C1. The Morgan fingerprint density at radius 2 is 1.90 bits per heavy atom. The monoisotopic (exact) mass is 420 g/mol. The molecular formula is C21H25FN2O4S. The number of rotatable bonds is 6. The van der Waals surface area contributed by atoms with Gasteiger partial charge in [-0.25, -0.2) is 12.8 Å². The van der Waals surface area contributed by atoms with Crippen LogP contribution in [0.3, 0.4) is 0 Å². The molecule has 2 atom stereocenters. The Balaban J connectivity index is 1.69. The molecule has 0 bridgehead atoms. The van der Waals surface area contributed by atoms with Crippen molar-refractivity contribution in [1.82, 2.24) is 5.32 Å². The van der Waals surface area contributed by atoms with Crippen LogP contribution in [-0.2, 0) is 14.6 Å². The van der Waals surface area contributed by atoms with Crippen molar-refractivity contribution in [3.05, 3.63) is 54.3 Å². The quantitative estimate of drug-likeness (QED) is 0.728. The maximum atomic E-state index is 13.1. The molecule has 0 aliphatic carbocycles. The lowest BCUT2D eigenvalue weighted by Crippen LogP contribution is -2.51. The smallest absolute Gasteiger partial charge is 0.238 e. The summed E-state index contributed by atoms with van der Waals surface area (Å²) in [6.45, 7) is 2.75. The number of carbonyl (C=O) groups excluding carboxylic acids is 1. The number of benzene rings is 2. The molecule has 1 aliphatic rings. The van der Waals surface area contributed by atoms with Crippen molar-refractivity contribution in [2.24, 2.45) is 0 Å². The second-order valence-corrected chi connectivity index (χ2v) is 9.38. The summed E-state index contributed by atoms with van der Waals surface area (Å²) in [6.07, 6.45) is 1.63. The Bertz CT molecular complexity index is 963. The summed E-state index contributed by atoms with van der Waals surface area (Å²) in [6, 6.07) is 12.0. The van der Waals surface area contributed by atoms with Crippen LogP contribution < -0.4 is 15.0 Å². The van der Waals surface area contributed by atoms with Crippen LogP contribution in [0.4, 0.5) is 10.1 Å². The first kappa shape index (κ1) is 21.1. The predicted molar refractivity (Wildman–Crippen MR) is 109 cm³/mol. The zero-order valence-electron chi connectivity index (χ0n) is 16.5. The number of nitrogens with one attached hydrogen (secondary N) is 1. The number of hydrogen-bond donors (Lipinski definition) is 1. The molecule has 1 fully saturated rings. The fourth-order valence-corrected chi connectivity index (χ4v) is 4.77. The maximum absolute atomic E-state index is 13.1. The van der Waals surface area contributed by atoms with Crippen LogP contribution in [0.5, 0.6) is 5.75 Å². The van der Waals surface area contributed by atoms with Gasteiger partial charge in [0.25, 0.3) is 0 Å². The first-order chi connectivity index (χ1) is 13.8. The standard InChI is InChI=1S/C21H25FN2O4S/c1-15(29(26,27)18-11-9-16(22)10-12-18)21(25)23-17-6-5-13-24(14-17)19-7-3-4-8-20(19)28-2/h3-4,7-12,15,17H,5-6,13-14H2,1-2H3,(H,23,25). The van der Waals surface area contributed by atoms with E-state index in [0.717, 1.165) is 43.0 Å². The highest BCUT2D eigenvalue weighted by molar-refractivity contribution is 7.92. The first-order valence-electron chi connectivity index (χ1n) is 9.50. The molecule has 1 heterocycles. The second-order valence-electron chi connectivity index (χ2n) is 7.11. The van der Waals surface area contributed by atoms with Gasteiger partial charge in [0.1, 0.15) is 16.8 Å². The minimum Gasteiger partial charge on any atom is -0.495 e. The van der Waals surface area contributed by atoms with E-state index >= 15 is 0 Å². The van der Waals surface area contributed by atoms with Gasteiger partial charge in [0, 0.05) is 19.1 Å². The number of methoxy groups -OCH3 is 1. The van der Waals surface area contributed by atoms with E-state index in [1.54, 1.807) is 7.11 Å². The largest absolute Gasteiger partial charge is 0.495 e. The molecule has 29 heavy (non-hydrogen) atoms. The number of ether oxygens (including phenoxy) is 1. The molecule has 2 aromatic carbocycles. The van der Waals surface area contributed by atoms with Gasteiger partial charge in [-0.15, -0.1) is 0 Å². The van der Waals surface area contributed by atoms with Crippen LogP contribution in [0, 0.1) is 5.82 Å². The van der Waals surface area contributed by atoms with Gasteiger partial charge in [-0.3, -0.25) is 4.79 Å². The number of amides is 1. The van der Waals surface area contributed by atoms with Gasteiger partial charge in [0.15, 0.2) is 9.84 Å². The number of nitrogens with zero attached hydrogens (tertiary/aromatic N) is 1. The van der Waals surface area contributed by atoms with Gasteiger partial charge in [-0.05, 0) is 56.2 Å². The molecule has 0 radical (unpaired) electrons. The number of piperidine rings is 1. The van der Waals surface area contributed by atoms with E-state index in [1.807, 2.05) is 24.3 Å². The van der Waals surface area contributed by atoms with E-state index in [2.05, 4.69) is 10.2 Å². The third kappa shape index (κ3) is 4.70. The summed E-state index contributed by atoms with van der Waals surface area (Å²) in [4.78, 5) is 14.7. The summed E-state index contributed by atoms with van der Waals surface area (Å²) < 4.78 is 43.9. The van der Waals surface area contributed by atoms with Gasteiger partial charge >= 0.3 is 0 Å². The highest BCUT2D eigenvalue weighted by Gasteiger charge is 2.32.